The van der Waals surface area contributed by atoms with Gasteiger partial charge in [-0.25, -0.2) is 0 Å². The Morgan fingerprint density at radius 1 is 1.00 bits per heavy atom. The highest BCUT2D eigenvalue weighted by atomic mass is 16.5. The Balaban J connectivity index is 1.61. The van der Waals surface area contributed by atoms with Gasteiger partial charge in [0.05, 0.1) is 12.8 Å². The maximum Gasteiger partial charge on any atom is 0.0995 e. The van der Waals surface area contributed by atoms with E-state index in [9.17, 15) is 0 Å². The fraction of sp³-hybridized carbons (Fsp3) is 1.00. The van der Waals surface area contributed by atoms with Crippen molar-refractivity contribution < 1.29 is 4.74 Å². The van der Waals surface area contributed by atoms with Gasteiger partial charge in [0.15, 0.2) is 0 Å². The van der Waals surface area contributed by atoms with E-state index in [0.29, 0.717) is 6.10 Å². The monoisotopic (exact) mass is 213 g/mol. The molecule has 88 valence electrons. The maximum absolute atomic E-state index is 5.91. The largest absolute Gasteiger partial charge is 0.361 e. The molecule has 0 N–H and O–H groups in total. The maximum atomic E-state index is 5.91. The van der Waals surface area contributed by atoms with E-state index in [2.05, 4.69) is 28.8 Å². The van der Waals surface area contributed by atoms with Gasteiger partial charge in [-0.3, -0.25) is 4.90 Å². The van der Waals surface area contributed by atoms with Crippen molar-refractivity contribution >= 4 is 0 Å². The summed E-state index contributed by atoms with van der Waals surface area (Å²) in [5.41, 5.74) is 0. The van der Waals surface area contributed by atoms with Crippen LogP contribution >= 0.6 is 0 Å². The third-order valence-corrected chi connectivity index (χ3v) is 3.44. The van der Waals surface area contributed by atoms with Crippen LogP contribution in [0.3, 0.4) is 0 Å². The minimum absolute atomic E-state index is 0.467. The molecule has 2 saturated heterocycles. The van der Waals surface area contributed by atoms with Crippen LogP contribution in [0.2, 0.25) is 0 Å². The molecule has 2 heterocycles. The third-order valence-electron chi connectivity index (χ3n) is 3.44. The first-order valence-corrected chi connectivity index (χ1v) is 5.95. The highest BCUT2D eigenvalue weighted by molar-refractivity contribution is 4.73. The molecule has 2 aliphatic rings. The molecular formula is C11H23N3O. The Kier molecular flexibility index (Phi) is 3.97. The van der Waals surface area contributed by atoms with E-state index in [1.165, 1.54) is 26.1 Å². The van der Waals surface area contributed by atoms with Crippen molar-refractivity contribution in [3.05, 3.63) is 0 Å². The van der Waals surface area contributed by atoms with E-state index >= 15 is 0 Å². The Morgan fingerprint density at radius 3 is 2.33 bits per heavy atom. The lowest BCUT2D eigenvalue weighted by atomic mass is 10.3. The van der Waals surface area contributed by atoms with Crippen LogP contribution < -0.4 is 0 Å². The normalized spacial score (nSPS) is 31.2. The molecule has 0 aromatic carbocycles. The van der Waals surface area contributed by atoms with Gasteiger partial charge in [0.25, 0.3) is 0 Å². The second-order valence-electron chi connectivity index (χ2n) is 4.89. The highest BCUT2D eigenvalue weighted by Crippen LogP contribution is 2.11. The average molecular weight is 213 g/mol. The van der Waals surface area contributed by atoms with Gasteiger partial charge >= 0.3 is 0 Å². The lowest BCUT2D eigenvalue weighted by molar-refractivity contribution is -0.0312. The molecule has 2 aliphatic heterocycles. The topological polar surface area (TPSA) is 19.0 Å². The summed E-state index contributed by atoms with van der Waals surface area (Å²) in [4.78, 5) is 7.13. The molecule has 4 nitrogen and oxygen atoms in total. The lowest BCUT2D eigenvalue weighted by Gasteiger charge is -2.32. The molecule has 0 saturated carbocycles. The van der Waals surface area contributed by atoms with Gasteiger partial charge in [-0.1, -0.05) is 0 Å². The zero-order chi connectivity index (χ0) is 10.7. The summed E-state index contributed by atoms with van der Waals surface area (Å²) in [6.07, 6.45) is 1.67. The molecule has 0 spiro atoms. The van der Waals surface area contributed by atoms with Gasteiger partial charge in [0.2, 0.25) is 0 Å². The number of likely N-dealkylation sites (tertiary alicyclic amines) is 1. The van der Waals surface area contributed by atoms with E-state index < -0.39 is 0 Å². The van der Waals surface area contributed by atoms with Gasteiger partial charge < -0.3 is 14.5 Å². The number of hydrogen-bond acceptors (Lipinski definition) is 4. The van der Waals surface area contributed by atoms with Crippen LogP contribution in [0.4, 0.5) is 0 Å². The SMILES string of the molecule is CN1CCN(COC2CCN(C)C2)CC1. The van der Waals surface area contributed by atoms with Crippen molar-refractivity contribution in [2.24, 2.45) is 0 Å². The molecule has 2 fully saturated rings. The molecule has 15 heavy (non-hydrogen) atoms. The first-order chi connectivity index (χ1) is 7.24. The summed E-state index contributed by atoms with van der Waals surface area (Å²) in [6, 6.07) is 0. The summed E-state index contributed by atoms with van der Waals surface area (Å²) >= 11 is 0. The zero-order valence-electron chi connectivity index (χ0n) is 9.98. The van der Waals surface area contributed by atoms with E-state index in [4.69, 9.17) is 4.74 Å². The second-order valence-corrected chi connectivity index (χ2v) is 4.89. The first kappa shape index (κ1) is 11.3. The lowest BCUT2D eigenvalue weighted by Crippen LogP contribution is -2.45. The standard InChI is InChI=1S/C11H23N3O/c1-12-5-7-14(8-6-12)10-15-11-3-4-13(2)9-11/h11H,3-10H2,1-2H3. The van der Waals surface area contributed by atoms with Crippen LogP contribution in [0.25, 0.3) is 0 Å². The molecule has 0 amide bonds. The second kappa shape index (κ2) is 5.25. The summed E-state index contributed by atoms with van der Waals surface area (Å²) in [7, 11) is 4.35. The number of rotatable bonds is 3. The van der Waals surface area contributed by atoms with Crippen LogP contribution in [0.15, 0.2) is 0 Å². The fourth-order valence-corrected chi connectivity index (χ4v) is 2.22. The van der Waals surface area contributed by atoms with Gasteiger partial charge in [-0.2, -0.15) is 0 Å². The van der Waals surface area contributed by atoms with Crippen molar-refractivity contribution in [1.82, 2.24) is 14.7 Å². The van der Waals surface area contributed by atoms with Crippen molar-refractivity contribution in [2.45, 2.75) is 12.5 Å². The van der Waals surface area contributed by atoms with Gasteiger partial charge in [0, 0.05) is 39.3 Å². The Morgan fingerprint density at radius 2 is 1.73 bits per heavy atom. The molecular weight excluding hydrogens is 190 g/mol. The summed E-state index contributed by atoms with van der Waals surface area (Å²) < 4.78 is 5.91. The van der Waals surface area contributed by atoms with E-state index in [1.54, 1.807) is 0 Å². The Labute approximate surface area is 92.8 Å². The Hall–Kier alpha value is -0.160. The van der Waals surface area contributed by atoms with Crippen molar-refractivity contribution in [1.29, 1.82) is 0 Å². The van der Waals surface area contributed by atoms with Gasteiger partial charge in [-0.05, 0) is 20.5 Å². The minimum atomic E-state index is 0.467. The first-order valence-electron chi connectivity index (χ1n) is 5.95. The van der Waals surface area contributed by atoms with Gasteiger partial charge in [0.1, 0.15) is 0 Å². The van der Waals surface area contributed by atoms with E-state index in [1.807, 2.05) is 0 Å². The van der Waals surface area contributed by atoms with Crippen molar-refractivity contribution in [2.75, 3.05) is 60.1 Å². The molecule has 0 radical (unpaired) electrons. The molecule has 4 heteroatoms. The summed E-state index contributed by atoms with van der Waals surface area (Å²) in [5, 5.41) is 0. The molecule has 1 unspecified atom stereocenters. The molecule has 2 rings (SSSR count). The van der Waals surface area contributed by atoms with Gasteiger partial charge in [-0.15, -0.1) is 0 Å². The highest BCUT2D eigenvalue weighted by Gasteiger charge is 2.21. The van der Waals surface area contributed by atoms with Crippen LogP contribution in [0.5, 0.6) is 0 Å². The predicted molar refractivity (Wildman–Crippen MR) is 60.9 cm³/mol. The molecule has 0 bridgehead atoms. The average Bonchev–Trinajstić information content (AvgIpc) is 2.64. The number of likely N-dealkylation sites (N-methyl/N-ethyl adjacent to an activating group) is 2. The van der Waals surface area contributed by atoms with Crippen molar-refractivity contribution in [3.63, 3.8) is 0 Å². The van der Waals surface area contributed by atoms with Crippen LogP contribution in [0.1, 0.15) is 6.42 Å². The smallest absolute Gasteiger partial charge is 0.0995 e. The number of ether oxygens (including phenoxy) is 1. The molecule has 0 aromatic rings. The molecule has 0 aromatic heterocycles. The zero-order valence-corrected chi connectivity index (χ0v) is 9.98. The van der Waals surface area contributed by atoms with Crippen molar-refractivity contribution in [3.8, 4) is 0 Å². The quantitative estimate of drug-likeness (QED) is 0.652. The fourth-order valence-electron chi connectivity index (χ4n) is 2.22. The van der Waals surface area contributed by atoms with Crippen LogP contribution in [-0.4, -0.2) is 80.9 Å². The minimum Gasteiger partial charge on any atom is -0.361 e. The number of hydrogen-bond donors (Lipinski definition) is 0. The molecule has 0 aliphatic carbocycles. The van der Waals surface area contributed by atoms with Crippen LogP contribution in [-0.2, 0) is 4.74 Å². The van der Waals surface area contributed by atoms with Crippen LogP contribution in [0, 0.1) is 0 Å². The number of piperazine rings is 1. The van der Waals surface area contributed by atoms with E-state index in [0.717, 1.165) is 26.4 Å². The molecule has 1 atom stereocenters. The van der Waals surface area contributed by atoms with E-state index in [-0.39, 0.29) is 0 Å². The third kappa shape index (κ3) is 3.41. The Bertz CT molecular complexity index is 192. The number of nitrogens with zero attached hydrogens (tertiary/aromatic N) is 3. The summed E-state index contributed by atoms with van der Waals surface area (Å²) in [5.74, 6) is 0. The predicted octanol–water partition coefficient (Wildman–Crippen LogP) is -0.0880. The summed E-state index contributed by atoms with van der Waals surface area (Å²) in [6.45, 7) is 7.77.